The second kappa shape index (κ2) is 4.13. The zero-order valence-corrected chi connectivity index (χ0v) is 7.54. The first kappa shape index (κ1) is 10.6. The molecule has 1 aromatic carbocycles. The second-order valence-corrected chi connectivity index (χ2v) is 3.09. The fraction of sp³-hybridized carbons (Fsp3) is 0.333. The summed E-state index contributed by atoms with van der Waals surface area (Å²) >= 11 is 0. The van der Waals surface area contributed by atoms with Gasteiger partial charge in [0.2, 0.25) is 6.04 Å². The molecule has 0 fully saturated rings. The van der Waals surface area contributed by atoms with Gasteiger partial charge in [0.15, 0.2) is 11.6 Å². The fourth-order valence-electron chi connectivity index (χ4n) is 1.08. The van der Waals surface area contributed by atoms with Gasteiger partial charge in [-0.05, 0) is 17.7 Å². The summed E-state index contributed by atoms with van der Waals surface area (Å²) < 4.78 is 25.2. The molecule has 0 aliphatic carbocycles. The van der Waals surface area contributed by atoms with E-state index >= 15 is 0 Å². The fourth-order valence-corrected chi connectivity index (χ4v) is 1.08. The summed E-state index contributed by atoms with van der Waals surface area (Å²) in [5, 5.41) is 10.3. The quantitative estimate of drug-likeness (QED) is 0.555. The number of nitro groups is 1. The third-order valence-electron chi connectivity index (χ3n) is 1.88. The third kappa shape index (κ3) is 2.48. The molecular formula is C9H9F2NO2. The van der Waals surface area contributed by atoms with Gasteiger partial charge in [0.25, 0.3) is 0 Å². The van der Waals surface area contributed by atoms with Gasteiger partial charge in [-0.15, -0.1) is 0 Å². The van der Waals surface area contributed by atoms with E-state index in [9.17, 15) is 18.9 Å². The third-order valence-corrected chi connectivity index (χ3v) is 1.88. The molecule has 0 amide bonds. The number of benzene rings is 1. The van der Waals surface area contributed by atoms with Crippen LogP contribution < -0.4 is 0 Å². The van der Waals surface area contributed by atoms with Crippen LogP contribution in [-0.4, -0.2) is 11.0 Å². The lowest BCUT2D eigenvalue weighted by molar-refractivity contribution is -0.517. The first-order chi connectivity index (χ1) is 6.50. The molecule has 0 bridgehead atoms. The van der Waals surface area contributed by atoms with Gasteiger partial charge in [-0.1, -0.05) is 6.07 Å². The van der Waals surface area contributed by atoms with Crippen LogP contribution in [0.2, 0.25) is 0 Å². The van der Waals surface area contributed by atoms with Gasteiger partial charge in [0, 0.05) is 18.3 Å². The Kier molecular flexibility index (Phi) is 3.11. The van der Waals surface area contributed by atoms with E-state index in [4.69, 9.17) is 0 Å². The van der Waals surface area contributed by atoms with Crippen LogP contribution in [0.15, 0.2) is 18.2 Å². The van der Waals surface area contributed by atoms with Crippen LogP contribution in [0, 0.1) is 21.7 Å². The average molecular weight is 201 g/mol. The molecule has 5 heteroatoms. The van der Waals surface area contributed by atoms with Crippen LogP contribution in [-0.2, 0) is 6.42 Å². The Hall–Kier alpha value is -1.52. The highest BCUT2D eigenvalue weighted by Gasteiger charge is 2.14. The van der Waals surface area contributed by atoms with Crippen molar-refractivity contribution in [3.8, 4) is 0 Å². The van der Waals surface area contributed by atoms with Crippen molar-refractivity contribution in [1.82, 2.24) is 0 Å². The minimum absolute atomic E-state index is 0.101. The minimum atomic E-state index is -0.974. The van der Waals surface area contributed by atoms with E-state index < -0.39 is 22.6 Å². The summed E-state index contributed by atoms with van der Waals surface area (Å²) in [7, 11) is 0. The molecule has 0 N–H and O–H groups in total. The van der Waals surface area contributed by atoms with E-state index in [1.54, 1.807) is 0 Å². The van der Waals surface area contributed by atoms with E-state index in [1.165, 1.54) is 13.0 Å². The van der Waals surface area contributed by atoms with Gasteiger partial charge in [-0.25, -0.2) is 8.78 Å². The highest BCUT2D eigenvalue weighted by atomic mass is 19.2. The molecule has 1 aromatic rings. The van der Waals surface area contributed by atoms with Gasteiger partial charge in [0.05, 0.1) is 0 Å². The van der Waals surface area contributed by atoms with E-state index in [0.717, 1.165) is 12.1 Å². The largest absolute Gasteiger partial charge is 0.264 e. The maximum absolute atomic E-state index is 12.7. The number of nitrogens with zero attached hydrogens (tertiary/aromatic N) is 1. The van der Waals surface area contributed by atoms with Crippen molar-refractivity contribution in [1.29, 1.82) is 0 Å². The number of rotatable bonds is 3. The van der Waals surface area contributed by atoms with E-state index in [0.29, 0.717) is 5.56 Å². The first-order valence-electron chi connectivity index (χ1n) is 4.08. The van der Waals surface area contributed by atoms with E-state index in [1.807, 2.05) is 0 Å². The van der Waals surface area contributed by atoms with Crippen LogP contribution in [0.1, 0.15) is 12.5 Å². The monoisotopic (exact) mass is 201 g/mol. The lowest BCUT2D eigenvalue weighted by atomic mass is 10.1. The number of halogens is 2. The molecule has 0 aliphatic heterocycles. The predicted molar refractivity (Wildman–Crippen MR) is 46.5 cm³/mol. The lowest BCUT2D eigenvalue weighted by Gasteiger charge is -2.03. The number of hydrogen-bond donors (Lipinski definition) is 0. The first-order valence-corrected chi connectivity index (χ1v) is 4.08. The normalized spacial score (nSPS) is 12.5. The maximum Gasteiger partial charge on any atom is 0.214 e. The van der Waals surface area contributed by atoms with Crippen molar-refractivity contribution >= 4 is 0 Å². The zero-order valence-electron chi connectivity index (χ0n) is 7.54. The Morgan fingerprint density at radius 3 is 2.57 bits per heavy atom. The molecule has 0 saturated carbocycles. The summed E-state index contributed by atoms with van der Waals surface area (Å²) in [6.07, 6.45) is 0.101. The van der Waals surface area contributed by atoms with Crippen LogP contribution in [0.25, 0.3) is 0 Å². The summed E-state index contributed by atoms with van der Waals surface area (Å²) in [6.45, 7) is 1.42. The summed E-state index contributed by atoms with van der Waals surface area (Å²) in [6, 6.07) is 2.50. The van der Waals surface area contributed by atoms with Crippen LogP contribution in [0.5, 0.6) is 0 Å². The smallest absolute Gasteiger partial charge is 0.214 e. The SMILES string of the molecule is CC(Cc1ccc(F)c(F)c1)[N+](=O)[O-]. The molecule has 0 saturated heterocycles. The second-order valence-electron chi connectivity index (χ2n) is 3.09. The van der Waals surface area contributed by atoms with Crippen molar-refractivity contribution in [2.75, 3.05) is 0 Å². The highest BCUT2D eigenvalue weighted by molar-refractivity contribution is 5.18. The van der Waals surface area contributed by atoms with Crippen molar-refractivity contribution < 1.29 is 13.7 Å². The molecule has 1 atom stereocenters. The Morgan fingerprint density at radius 1 is 1.43 bits per heavy atom. The Morgan fingerprint density at radius 2 is 2.07 bits per heavy atom. The van der Waals surface area contributed by atoms with Crippen molar-refractivity contribution in [2.45, 2.75) is 19.4 Å². The van der Waals surface area contributed by atoms with E-state index in [2.05, 4.69) is 0 Å². The molecule has 0 spiro atoms. The number of hydrogen-bond acceptors (Lipinski definition) is 2. The van der Waals surface area contributed by atoms with Gasteiger partial charge >= 0.3 is 0 Å². The predicted octanol–water partition coefficient (Wildman–Crippen LogP) is 2.17. The molecule has 1 rings (SSSR count). The van der Waals surface area contributed by atoms with Crippen molar-refractivity contribution in [3.63, 3.8) is 0 Å². The molecule has 76 valence electrons. The molecular weight excluding hydrogens is 192 g/mol. The summed E-state index contributed by atoms with van der Waals surface area (Å²) in [5.74, 6) is -1.92. The molecule has 0 heterocycles. The topological polar surface area (TPSA) is 43.1 Å². The molecule has 3 nitrogen and oxygen atoms in total. The van der Waals surface area contributed by atoms with Gasteiger partial charge in [-0.3, -0.25) is 10.1 Å². The van der Waals surface area contributed by atoms with Crippen LogP contribution in [0.3, 0.4) is 0 Å². The maximum atomic E-state index is 12.7. The van der Waals surface area contributed by atoms with Crippen LogP contribution in [0.4, 0.5) is 8.78 Å². The molecule has 0 radical (unpaired) electrons. The van der Waals surface area contributed by atoms with Crippen molar-refractivity contribution in [3.05, 3.63) is 45.5 Å². The molecule has 0 aromatic heterocycles. The molecule has 14 heavy (non-hydrogen) atoms. The zero-order chi connectivity index (χ0) is 10.7. The lowest BCUT2D eigenvalue weighted by Crippen LogP contribution is -2.17. The van der Waals surface area contributed by atoms with Gasteiger partial charge in [-0.2, -0.15) is 0 Å². The Labute approximate surface area is 79.5 Å². The van der Waals surface area contributed by atoms with Crippen molar-refractivity contribution in [2.24, 2.45) is 0 Å². The standard InChI is InChI=1S/C9H9F2NO2/c1-6(12(13)14)4-7-2-3-8(10)9(11)5-7/h2-3,5-6H,4H2,1H3. The van der Waals surface area contributed by atoms with E-state index in [-0.39, 0.29) is 6.42 Å². The van der Waals surface area contributed by atoms with Gasteiger partial charge < -0.3 is 0 Å². The Bertz CT molecular complexity index is 355. The van der Waals surface area contributed by atoms with Crippen LogP contribution >= 0.6 is 0 Å². The summed E-state index contributed by atoms with van der Waals surface area (Å²) in [5.41, 5.74) is 0.424. The average Bonchev–Trinajstić information content (AvgIpc) is 2.11. The minimum Gasteiger partial charge on any atom is -0.264 e. The Balaban J connectivity index is 2.78. The summed E-state index contributed by atoms with van der Waals surface area (Å²) in [4.78, 5) is 9.84. The molecule has 0 aliphatic rings. The highest BCUT2D eigenvalue weighted by Crippen LogP contribution is 2.11. The van der Waals surface area contributed by atoms with Gasteiger partial charge in [0.1, 0.15) is 0 Å². The molecule has 1 unspecified atom stereocenters.